The number of aliphatic hydroxyl groups excluding tert-OH is 1. The maximum Gasteiger partial charge on any atom is 0.434 e. The van der Waals surface area contributed by atoms with Gasteiger partial charge in [-0.05, 0) is 87.7 Å². The SMILES string of the molecule is COC(=O)[C@@H]1C[C@@H](Oc2cc(-c3nc(C(F)(F)F)cs3)nc3c(C)c(OC)ccc23)CCN1.COC(=O)[C@@H]1C[C@@H](Oc2cc(-c3nc(C(F)(F)F)cs3)nc3c(C)c(OC)ccc23)CCN1C(=O)OCc1ccccc1.COC(=O)[C@@H]1C[C@H](O)CCN1C(=O)OCc1ccccc1.COc1ccc2c(=O)cc(-c3nc(C(F)(F)F)cs3)[nH]c2c1C. The molecule has 3 aliphatic heterocycles. The first-order valence-corrected chi connectivity index (χ1v) is 39.6. The lowest BCUT2D eigenvalue weighted by Gasteiger charge is -2.37. The van der Waals surface area contributed by atoms with E-state index in [-0.39, 0.29) is 88.8 Å². The number of piperidine rings is 3. The lowest BCUT2D eigenvalue weighted by Crippen LogP contribution is -2.52. The van der Waals surface area contributed by atoms with Crippen LogP contribution in [0.15, 0.2) is 136 Å². The number of hydrogen-bond donors (Lipinski definition) is 3. The monoisotopic (exact) mass is 1730 g/mol. The number of likely N-dealkylation sites (tertiary alicyclic amines) is 2. The van der Waals surface area contributed by atoms with Crippen molar-refractivity contribution in [2.45, 2.75) is 127 Å². The fourth-order valence-corrected chi connectivity index (χ4v) is 15.7. The Morgan fingerprint density at radius 2 is 0.900 bits per heavy atom. The number of hydrogen-bond acceptors (Lipinski definition) is 26. The summed E-state index contributed by atoms with van der Waals surface area (Å²) in [7, 11) is 8.38. The quantitative estimate of drug-likeness (QED) is 0.0433. The number of halogens is 9. The van der Waals surface area contributed by atoms with Gasteiger partial charge in [-0.1, -0.05) is 60.7 Å². The zero-order valence-electron chi connectivity index (χ0n) is 65.7. The van der Waals surface area contributed by atoms with Gasteiger partial charge in [-0.2, -0.15) is 39.5 Å². The highest BCUT2D eigenvalue weighted by Crippen LogP contribution is 2.43. The number of aryl methyl sites for hydroxylation is 3. The number of thiazole rings is 3. The molecule has 0 saturated carbocycles. The molecule has 0 radical (unpaired) electrons. The van der Waals surface area contributed by atoms with Crippen molar-refractivity contribution in [2.24, 2.45) is 0 Å². The number of nitrogens with zero attached hydrogens (tertiary/aromatic N) is 7. The first kappa shape index (κ1) is 89.1. The topological polar surface area (TPSA) is 314 Å². The molecule has 6 atom stereocenters. The lowest BCUT2D eigenvalue weighted by molar-refractivity contribution is -0.149. The second-order valence-electron chi connectivity index (χ2n) is 27.3. The van der Waals surface area contributed by atoms with Gasteiger partial charge in [0.15, 0.2) is 22.5 Å². The summed E-state index contributed by atoms with van der Waals surface area (Å²) in [5, 5.41) is 17.6. The molecule has 0 spiro atoms. The van der Waals surface area contributed by atoms with Crippen molar-refractivity contribution >= 4 is 96.8 Å². The van der Waals surface area contributed by atoms with Crippen LogP contribution >= 0.6 is 34.0 Å². The van der Waals surface area contributed by atoms with Gasteiger partial charge in [-0.3, -0.25) is 19.4 Å². The number of aromatic nitrogens is 6. The number of carbonyl (C=O) groups is 5. The van der Waals surface area contributed by atoms with Crippen molar-refractivity contribution in [1.82, 2.24) is 45.0 Å². The third kappa shape index (κ3) is 21.5. The lowest BCUT2D eigenvalue weighted by atomic mass is 9.99. The van der Waals surface area contributed by atoms with Gasteiger partial charge in [-0.15, -0.1) is 34.0 Å². The molecular formula is C82H80F9N9O17S3. The number of H-pyrrole nitrogens is 1. The third-order valence-electron chi connectivity index (χ3n) is 19.6. The van der Waals surface area contributed by atoms with E-state index >= 15 is 0 Å². The van der Waals surface area contributed by atoms with Crippen LogP contribution in [0, 0.1) is 20.8 Å². The molecule has 0 unspecified atom stereocenters. The number of rotatable bonds is 17. The minimum atomic E-state index is -4.59. The summed E-state index contributed by atoms with van der Waals surface area (Å²) < 4.78 is 171. The molecule has 636 valence electrons. The Hall–Kier alpha value is -11.7. The van der Waals surface area contributed by atoms with Crippen molar-refractivity contribution in [1.29, 1.82) is 0 Å². The average Bonchev–Trinajstić information content (AvgIpc) is 1.23. The Balaban J connectivity index is 0.000000163. The van der Waals surface area contributed by atoms with E-state index in [1.165, 1.54) is 58.5 Å². The number of esters is 3. The predicted molar refractivity (Wildman–Crippen MR) is 425 cm³/mol. The Labute approximate surface area is 691 Å². The van der Waals surface area contributed by atoms with Crippen LogP contribution in [0.5, 0.6) is 28.7 Å². The number of fused-ring (bicyclic) bond motifs is 3. The number of aromatic amines is 1. The van der Waals surface area contributed by atoms with Gasteiger partial charge in [0, 0.05) is 106 Å². The van der Waals surface area contributed by atoms with E-state index in [1.807, 2.05) is 67.6 Å². The first-order valence-electron chi connectivity index (χ1n) is 36.9. The van der Waals surface area contributed by atoms with Gasteiger partial charge in [0.05, 0.1) is 71.0 Å². The summed E-state index contributed by atoms with van der Waals surface area (Å²) in [5.41, 5.74) is 2.81. The molecule has 3 N–H and O–H groups in total. The van der Waals surface area contributed by atoms with Crippen LogP contribution in [0.25, 0.3) is 64.8 Å². The van der Waals surface area contributed by atoms with Gasteiger partial charge in [0.25, 0.3) is 0 Å². The number of aliphatic hydroxyl groups is 1. The number of alkyl halides is 9. The predicted octanol–water partition coefficient (Wildman–Crippen LogP) is 16.1. The maximum atomic E-state index is 13.3. The summed E-state index contributed by atoms with van der Waals surface area (Å²) in [6, 6.07) is 31.0. The van der Waals surface area contributed by atoms with E-state index in [9.17, 15) is 73.4 Å². The van der Waals surface area contributed by atoms with E-state index in [0.717, 1.165) is 66.8 Å². The van der Waals surface area contributed by atoms with Crippen molar-refractivity contribution in [3.8, 4) is 60.9 Å². The van der Waals surface area contributed by atoms with Crippen LogP contribution in [0.1, 0.15) is 83.4 Å². The van der Waals surface area contributed by atoms with Gasteiger partial charge < -0.3 is 62.8 Å². The molecule has 120 heavy (non-hydrogen) atoms. The van der Waals surface area contributed by atoms with Gasteiger partial charge >= 0.3 is 48.6 Å². The highest BCUT2D eigenvalue weighted by atomic mass is 32.1. The van der Waals surface area contributed by atoms with E-state index in [0.29, 0.717) is 105 Å². The number of amides is 2. The second-order valence-corrected chi connectivity index (χ2v) is 29.9. The minimum absolute atomic E-state index is 0.0470. The first-order chi connectivity index (χ1) is 57.2. The standard InChI is InChI=1S/C30H28F3N3O6S.C22H22F3N3O4S.C15H11F3N2O2S.C15H19NO5/c1-17-23(39-2)10-9-20-24(14-21(34-26(17)20)27-35-25(16-43-27)30(31,32)33)42-19-11-12-36(22(13-19)28(37)40-3)29(38)41-15-18-7-5-4-6-8-18;1-11-16(30-2)5-4-13-17(32-12-6-7-26-15(8-12)21(29)31-3)9-14(27-19(11)13)20-28-18(10-33-20)22(23,24)25;1-7-11(22-2)4-3-8-10(21)5-9(19-13(7)8)14-20-12(6-23-14)15(16,17)18;1-20-14(18)13-9-12(17)7-8-16(13)15(19)21-10-11-5-3-2-4-6-11/h4-10,14,16,19,22H,11-13,15H2,1-3H3;4-5,9-10,12,15,26H,6-8H2,1-3H3;3-6H,1-2H3,(H,19,21);2-6,12-13,17H,7-10H2,1H3/t19-,22-;12-,15-;;12-,13+/m00.1/s1. The molecule has 9 heterocycles. The van der Waals surface area contributed by atoms with E-state index in [2.05, 4.69) is 40.0 Å². The summed E-state index contributed by atoms with van der Waals surface area (Å²) in [6.45, 7) is 6.56. The molecule has 38 heteroatoms. The number of ether oxygens (including phenoxy) is 10. The fraction of sp³-hybridized carbons (Fsp3) is 0.354. The molecule has 3 fully saturated rings. The molecular weight excluding hydrogens is 1650 g/mol. The molecule has 6 aromatic heterocycles. The number of pyridine rings is 3. The van der Waals surface area contributed by atoms with E-state index < -0.39 is 90.1 Å². The molecule has 0 aliphatic carbocycles. The summed E-state index contributed by atoms with van der Waals surface area (Å²) in [5.74, 6) is 1.01. The van der Waals surface area contributed by atoms with Crippen molar-refractivity contribution in [3.05, 3.63) is 187 Å². The molecule has 3 aliphatic rings. The van der Waals surface area contributed by atoms with Crippen molar-refractivity contribution < 1.29 is 116 Å². The molecule has 26 nitrogen and oxygen atoms in total. The molecule has 3 saturated heterocycles. The van der Waals surface area contributed by atoms with Crippen molar-refractivity contribution in [3.63, 3.8) is 0 Å². The second kappa shape index (κ2) is 39.0. The third-order valence-corrected chi connectivity index (χ3v) is 22.2. The number of nitrogens with one attached hydrogen (secondary N) is 2. The van der Waals surface area contributed by atoms with Crippen LogP contribution in [0.2, 0.25) is 0 Å². The number of benzene rings is 5. The normalized spacial score (nSPS) is 17.4. The number of carbonyl (C=O) groups excluding carboxylic acids is 5. The minimum Gasteiger partial charge on any atom is -0.496 e. The zero-order chi connectivity index (χ0) is 86.5. The summed E-state index contributed by atoms with van der Waals surface area (Å²) in [6.07, 6.45) is -14.2. The fourth-order valence-electron chi connectivity index (χ4n) is 13.4. The van der Waals surface area contributed by atoms with Gasteiger partial charge in [-0.25, -0.2) is 44.1 Å². The molecule has 11 aromatic rings. The molecule has 0 bridgehead atoms. The molecule has 14 rings (SSSR count). The maximum absolute atomic E-state index is 13.3. The van der Waals surface area contributed by atoms with Crippen LogP contribution in [-0.4, -0.2) is 174 Å². The van der Waals surface area contributed by atoms with Crippen LogP contribution < -0.4 is 34.4 Å². The Kier molecular flexibility index (Phi) is 28.9. The highest BCUT2D eigenvalue weighted by molar-refractivity contribution is 7.13. The van der Waals surface area contributed by atoms with E-state index in [1.54, 1.807) is 62.4 Å². The highest BCUT2D eigenvalue weighted by Gasteiger charge is 2.42. The molecule has 5 aromatic carbocycles. The smallest absolute Gasteiger partial charge is 0.434 e. The summed E-state index contributed by atoms with van der Waals surface area (Å²) in [4.78, 5) is 99.6. The van der Waals surface area contributed by atoms with Crippen LogP contribution in [0.3, 0.4) is 0 Å². The largest absolute Gasteiger partial charge is 0.496 e. The van der Waals surface area contributed by atoms with Gasteiger partial charge in [0.2, 0.25) is 0 Å². The Morgan fingerprint density at radius 1 is 0.483 bits per heavy atom. The molecule has 2 amide bonds. The number of methoxy groups -OCH3 is 6. The van der Waals surface area contributed by atoms with E-state index in [4.69, 9.17) is 42.6 Å². The van der Waals surface area contributed by atoms with Crippen LogP contribution in [-0.2, 0) is 69.8 Å². The average molecular weight is 1730 g/mol. The van der Waals surface area contributed by atoms with Crippen molar-refractivity contribution in [2.75, 3.05) is 62.3 Å². The zero-order valence-corrected chi connectivity index (χ0v) is 68.1. The summed E-state index contributed by atoms with van der Waals surface area (Å²) >= 11 is 2.52. The van der Waals surface area contributed by atoms with Crippen LogP contribution in [0.4, 0.5) is 49.1 Å². The van der Waals surface area contributed by atoms with Gasteiger partial charge in [0.1, 0.15) is 98.7 Å². The Bertz CT molecular complexity index is 5540. The Morgan fingerprint density at radius 3 is 1.34 bits per heavy atom.